The second kappa shape index (κ2) is 7.26. The number of hydrogen-bond acceptors (Lipinski definition) is 4. The summed E-state index contributed by atoms with van der Waals surface area (Å²) in [6, 6.07) is 7.47. The highest BCUT2D eigenvalue weighted by molar-refractivity contribution is 5.87. The first-order valence-electron chi connectivity index (χ1n) is 7.39. The molecule has 0 spiro atoms. The summed E-state index contributed by atoms with van der Waals surface area (Å²) in [4.78, 5) is 27.5. The number of piperazine rings is 1. The standard InChI is InChI=1S/C16H23N3O3/c1-12(20)19-9-8-18(11-15(19)16(21)17-2)10-13-4-6-14(22-3)7-5-13/h4-7,15H,8-11H2,1-3H3,(H,17,21)/t15-/m0/s1. The van der Waals surface area contributed by atoms with E-state index in [0.717, 1.165) is 24.4 Å². The number of carbonyl (C=O) groups is 2. The van der Waals surface area contributed by atoms with Gasteiger partial charge in [-0.05, 0) is 17.7 Å². The predicted octanol–water partition coefficient (Wildman–Crippen LogP) is 0.474. The van der Waals surface area contributed by atoms with Crippen molar-refractivity contribution in [1.82, 2.24) is 15.1 Å². The lowest BCUT2D eigenvalue weighted by Crippen LogP contribution is -2.59. The maximum Gasteiger partial charge on any atom is 0.243 e. The van der Waals surface area contributed by atoms with Crippen molar-refractivity contribution in [3.63, 3.8) is 0 Å². The van der Waals surface area contributed by atoms with Gasteiger partial charge in [-0.2, -0.15) is 0 Å². The highest BCUT2D eigenvalue weighted by atomic mass is 16.5. The lowest BCUT2D eigenvalue weighted by Gasteiger charge is -2.40. The van der Waals surface area contributed by atoms with E-state index in [1.165, 1.54) is 6.92 Å². The van der Waals surface area contributed by atoms with E-state index in [1.54, 1.807) is 19.1 Å². The molecular formula is C16H23N3O3. The van der Waals surface area contributed by atoms with Gasteiger partial charge in [-0.3, -0.25) is 14.5 Å². The molecule has 0 bridgehead atoms. The van der Waals surface area contributed by atoms with Crippen LogP contribution in [0.15, 0.2) is 24.3 Å². The minimum absolute atomic E-state index is 0.0577. The third-order valence-corrected chi connectivity index (χ3v) is 3.98. The molecule has 1 atom stereocenters. The molecule has 0 unspecified atom stereocenters. The first-order valence-corrected chi connectivity index (χ1v) is 7.39. The van der Waals surface area contributed by atoms with Gasteiger partial charge >= 0.3 is 0 Å². The van der Waals surface area contributed by atoms with Gasteiger partial charge in [0.05, 0.1) is 7.11 Å². The van der Waals surface area contributed by atoms with Crippen molar-refractivity contribution in [2.24, 2.45) is 0 Å². The summed E-state index contributed by atoms with van der Waals surface area (Å²) in [5, 5.41) is 2.64. The lowest BCUT2D eigenvalue weighted by atomic mass is 10.1. The van der Waals surface area contributed by atoms with Crippen LogP contribution in [-0.4, -0.2) is 61.4 Å². The summed E-state index contributed by atoms with van der Waals surface area (Å²) in [6.45, 7) is 4.15. The van der Waals surface area contributed by atoms with Gasteiger partial charge < -0.3 is 15.0 Å². The second-order valence-corrected chi connectivity index (χ2v) is 5.43. The summed E-state index contributed by atoms with van der Waals surface area (Å²) < 4.78 is 5.15. The molecule has 1 aliphatic rings. The van der Waals surface area contributed by atoms with Gasteiger partial charge in [-0.25, -0.2) is 0 Å². The first-order chi connectivity index (χ1) is 10.5. The number of rotatable bonds is 4. The molecule has 2 amide bonds. The Bertz CT molecular complexity index is 530. The number of nitrogens with zero attached hydrogens (tertiary/aromatic N) is 2. The molecule has 1 fully saturated rings. The van der Waals surface area contributed by atoms with Crippen molar-refractivity contribution in [2.45, 2.75) is 19.5 Å². The first kappa shape index (κ1) is 16.3. The summed E-state index contributed by atoms with van der Waals surface area (Å²) in [5.74, 6) is 0.653. The molecule has 6 heteroatoms. The van der Waals surface area contributed by atoms with Crippen LogP contribution in [0.2, 0.25) is 0 Å². The minimum Gasteiger partial charge on any atom is -0.497 e. The Kier molecular flexibility index (Phi) is 5.38. The Morgan fingerprint density at radius 1 is 1.27 bits per heavy atom. The molecule has 0 aliphatic carbocycles. The molecular weight excluding hydrogens is 282 g/mol. The Morgan fingerprint density at radius 3 is 2.50 bits per heavy atom. The van der Waals surface area contributed by atoms with Gasteiger partial charge in [0.2, 0.25) is 11.8 Å². The SMILES string of the molecule is CNC(=O)[C@@H]1CN(Cc2ccc(OC)cc2)CCN1C(C)=O. The Morgan fingerprint density at radius 2 is 1.95 bits per heavy atom. The van der Waals surface area contributed by atoms with Gasteiger partial charge in [-0.15, -0.1) is 0 Å². The average Bonchev–Trinajstić information content (AvgIpc) is 2.54. The predicted molar refractivity (Wildman–Crippen MR) is 83.5 cm³/mol. The van der Waals surface area contributed by atoms with E-state index in [4.69, 9.17) is 4.74 Å². The van der Waals surface area contributed by atoms with Crippen LogP contribution in [0.3, 0.4) is 0 Å². The van der Waals surface area contributed by atoms with Gasteiger partial charge in [0.25, 0.3) is 0 Å². The van der Waals surface area contributed by atoms with Crippen LogP contribution in [-0.2, 0) is 16.1 Å². The zero-order valence-corrected chi connectivity index (χ0v) is 13.3. The van der Waals surface area contributed by atoms with E-state index in [-0.39, 0.29) is 11.8 Å². The number of nitrogens with one attached hydrogen (secondary N) is 1. The quantitative estimate of drug-likeness (QED) is 0.878. The Hall–Kier alpha value is -2.08. The van der Waals surface area contributed by atoms with Crippen LogP contribution in [0.1, 0.15) is 12.5 Å². The third kappa shape index (κ3) is 3.76. The largest absolute Gasteiger partial charge is 0.497 e. The average molecular weight is 305 g/mol. The molecule has 22 heavy (non-hydrogen) atoms. The highest BCUT2D eigenvalue weighted by Gasteiger charge is 2.33. The summed E-state index contributed by atoms with van der Waals surface area (Å²) >= 11 is 0. The number of amides is 2. The topological polar surface area (TPSA) is 61.9 Å². The van der Waals surface area contributed by atoms with Crippen LogP contribution >= 0.6 is 0 Å². The lowest BCUT2D eigenvalue weighted by molar-refractivity contribution is -0.142. The fourth-order valence-corrected chi connectivity index (χ4v) is 2.74. The fraction of sp³-hybridized carbons (Fsp3) is 0.500. The molecule has 120 valence electrons. The molecule has 2 rings (SSSR count). The number of benzene rings is 1. The number of ether oxygens (including phenoxy) is 1. The number of carbonyl (C=O) groups excluding carboxylic acids is 2. The van der Waals surface area contributed by atoms with E-state index < -0.39 is 6.04 Å². The smallest absolute Gasteiger partial charge is 0.243 e. The molecule has 0 radical (unpaired) electrons. The van der Waals surface area contributed by atoms with E-state index in [2.05, 4.69) is 10.2 Å². The van der Waals surface area contributed by atoms with Crippen LogP contribution in [0, 0.1) is 0 Å². The number of hydrogen-bond donors (Lipinski definition) is 1. The van der Waals surface area contributed by atoms with Crippen LogP contribution in [0.5, 0.6) is 5.75 Å². The summed E-state index contributed by atoms with van der Waals surface area (Å²) in [6.07, 6.45) is 0. The van der Waals surface area contributed by atoms with Gasteiger partial charge in [0, 0.05) is 40.2 Å². The van der Waals surface area contributed by atoms with E-state index >= 15 is 0 Å². The minimum atomic E-state index is -0.422. The second-order valence-electron chi connectivity index (χ2n) is 5.43. The zero-order valence-electron chi connectivity index (χ0n) is 13.3. The summed E-state index contributed by atoms with van der Waals surface area (Å²) in [5.41, 5.74) is 1.16. The Labute approximate surface area is 131 Å². The fourth-order valence-electron chi connectivity index (χ4n) is 2.74. The molecule has 0 saturated carbocycles. The van der Waals surface area contributed by atoms with Crippen LogP contribution in [0.4, 0.5) is 0 Å². The Balaban J connectivity index is 2.03. The highest BCUT2D eigenvalue weighted by Crippen LogP contribution is 2.16. The normalized spacial score (nSPS) is 18.9. The zero-order chi connectivity index (χ0) is 16.1. The van der Waals surface area contributed by atoms with Gasteiger partial charge in [0.1, 0.15) is 11.8 Å². The summed E-state index contributed by atoms with van der Waals surface area (Å²) in [7, 11) is 3.24. The number of methoxy groups -OCH3 is 1. The molecule has 0 aromatic heterocycles. The molecule has 1 aliphatic heterocycles. The molecule has 1 N–H and O–H groups in total. The van der Waals surface area contributed by atoms with E-state index in [1.807, 2.05) is 24.3 Å². The maximum absolute atomic E-state index is 12.0. The molecule has 6 nitrogen and oxygen atoms in total. The van der Waals surface area contributed by atoms with Crippen molar-refractivity contribution in [2.75, 3.05) is 33.8 Å². The van der Waals surface area contributed by atoms with Crippen molar-refractivity contribution >= 4 is 11.8 Å². The maximum atomic E-state index is 12.0. The third-order valence-electron chi connectivity index (χ3n) is 3.98. The van der Waals surface area contributed by atoms with Gasteiger partial charge in [0.15, 0.2) is 0 Å². The van der Waals surface area contributed by atoms with Crippen LogP contribution in [0.25, 0.3) is 0 Å². The molecule has 1 saturated heterocycles. The molecule has 1 aromatic rings. The molecule has 1 heterocycles. The van der Waals surface area contributed by atoms with Gasteiger partial charge in [-0.1, -0.05) is 12.1 Å². The monoisotopic (exact) mass is 305 g/mol. The number of likely N-dealkylation sites (N-methyl/N-ethyl adjacent to an activating group) is 1. The van der Waals surface area contributed by atoms with E-state index in [9.17, 15) is 9.59 Å². The van der Waals surface area contributed by atoms with Crippen molar-refractivity contribution in [3.8, 4) is 5.75 Å². The van der Waals surface area contributed by atoms with Crippen molar-refractivity contribution < 1.29 is 14.3 Å². The molecule has 1 aromatic carbocycles. The van der Waals surface area contributed by atoms with Crippen molar-refractivity contribution in [1.29, 1.82) is 0 Å². The van der Waals surface area contributed by atoms with Crippen LogP contribution < -0.4 is 10.1 Å². The van der Waals surface area contributed by atoms with E-state index in [0.29, 0.717) is 13.1 Å². The van der Waals surface area contributed by atoms with Crippen molar-refractivity contribution in [3.05, 3.63) is 29.8 Å².